The Labute approximate surface area is 73.7 Å². The predicted octanol–water partition coefficient (Wildman–Crippen LogP) is 2.66. The third kappa shape index (κ3) is 0.968. The van der Waals surface area contributed by atoms with E-state index in [1.165, 1.54) is 14.1 Å². The van der Waals surface area contributed by atoms with Gasteiger partial charge in [-0.15, -0.1) is 0 Å². The van der Waals surface area contributed by atoms with Crippen molar-refractivity contribution in [3.05, 3.63) is 33.7 Å². The van der Waals surface area contributed by atoms with Gasteiger partial charge < -0.3 is 0 Å². The Kier molecular flexibility index (Phi) is 1.69. The van der Waals surface area contributed by atoms with Gasteiger partial charge in [-0.3, -0.25) is 0 Å². The SMILES string of the molecule is Brc1cccc2cc[se]c12. The molecule has 10 heavy (non-hydrogen) atoms. The number of hydrogen-bond acceptors (Lipinski definition) is 0. The van der Waals surface area contributed by atoms with Crippen LogP contribution < -0.4 is 0 Å². The van der Waals surface area contributed by atoms with E-state index in [-0.39, 0.29) is 0 Å². The van der Waals surface area contributed by atoms with Gasteiger partial charge in [-0.05, 0) is 0 Å². The predicted molar refractivity (Wildman–Crippen MR) is 48.6 cm³/mol. The van der Waals surface area contributed by atoms with E-state index >= 15 is 0 Å². The van der Waals surface area contributed by atoms with Crippen molar-refractivity contribution in [3.63, 3.8) is 0 Å². The van der Waals surface area contributed by atoms with E-state index in [1.54, 1.807) is 0 Å². The van der Waals surface area contributed by atoms with Crippen molar-refractivity contribution in [1.82, 2.24) is 0 Å². The Hall–Kier alpha value is -0.0405. The molecule has 0 fully saturated rings. The van der Waals surface area contributed by atoms with Crippen molar-refractivity contribution in [2.45, 2.75) is 0 Å². The van der Waals surface area contributed by atoms with E-state index in [4.69, 9.17) is 0 Å². The Morgan fingerprint density at radius 1 is 1.20 bits per heavy atom. The second-order valence-electron chi connectivity index (χ2n) is 2.08. The van der Waals surface area contributed by atoms with Crippen molar-refractivity contribution in [2.75, 3.05) is 0 Å². The summed E-state index contributed by atoms with van der Waals surface area (Å²) in [5, 5.41) is 1.38. The molecule has 0 N–H and O–H groups in total. The molecule has 1 heterocycles. The molecule has 1 aromatic heterocycles. The maximum atomic E-state index is 3.52. The molecule has 0 aliphatic rings. The van der Waals surface area contributed by atoms with E-state index in [1.807, 2.05) is 0 Å². The average molecular weight is 260 g/mol. The zero-order valence-electron chi connectivity index (χ0n) is 5.17. The van der Waals surface area contributed by atoms with Crippen LogP contribution in [0.4, 0.5) is 0 Å². The van der Waals surface area contributed by atoms with Gasteiger partial charge in [0.1, 0.15) is 0 Å². The van der Waals surface area contributed by atoms with Crippen molar-refractivity contribution in [1.29, 1.82) is 0 Å². The van der Waals surface area contributed by atoms with Crippen LogP contribution in [-0.2, 0) is 0 Å². The molecule has 1 aromatic carbocycles. The third-order valence-corrected chi connectivity index (χ3v) is 4.70. The molecule has 0 radical (unpaired) electrons. The van der Waals surface area contributed by atoms with E-state index < -0.39 is 0 Å². The first-order valence-corrected chi connectivity index (χ1v) is 5.63. The van der Waals surface area contributed by atoms with Crippen molar-refractivity contribution >= 4 is 40.1 Å². The van der Waals surface area contributed by atoms with Crippen LogP contribution in [0.3, 0.4) is 0 Å². The van der Waals surface area contributed by atoms with Crippen LogP contribution in [-0.4, -0.2) is 14.5 Å². The second-order valence-corrected chi connectivity index (χ2v) is 4.86. The number of hydrogen-bond donors (Lipinski definition) is 0. The fourth-order valence-corrected chi connectivity index (χ4v) is 3.51. The van der Waals surface area contributed by atoms with E-state index in [0.717, 1.165) is 0 Å². The molecule has 50 valence electrons. The maximum absolute atomic E-state index is 3.52. The van der Waals surface area contributed by atoms with Gasteiger partial charge in [0.15, 0.2) is 0 Å². The molecule has 0 saturated heterocycles. The Morgan fingerprint density at radius 2 is 2.10 bits per heavy atom. The zero-order valence-corrected chi connectivity index (χ0v) is 8.47. The molecule has 0 unspecified atom stereocenters. The van der Waals surface area contributed by atoms with Crippen LogP contribution in [0.1, 0.15) is 0 Å². The monoisotopic (exact) mass is 260 g/mol. The van der Waals surface area contributed by atoms with E-state index in [0.29, 0.717) is 14.5 Å². The Bertz CT molecular complexity index is 351. The van der Waals surface area contributed by atoms with Gasteiger partial charge in [0, 0.05) is 0 Å². The summed E-state index contributed by atoms with van der Waals surface area (Å²) in [6.07, 6.45) is 0. The molecule has 0 nitrogen and oxygen atoms in total. The van der Waals surface area contributed by atoms with Crippen LogP contribution in [0.2, 0.25) is 0 Å². The first-order chi connectivity index (χ1) is 4.88. The number of rotatable bonds is 0. The molecular formula is C8H5BrSe. The van der Waals surface area contributed by atoms with Crippen LogP contribution >= 0.6 is 15.9 Å². The molecule has 0 saturated carbocycles. The molecule has 0 amide bonds. The van der Waals surface area contributed by atoms with Crippen molar-refractivity contribution < 1.29 is 0 Å². The zero-order chi connectivity index (χ0) is 6.97. The first-order valence-electron chi connectivity index (χ1n) is 2.99. The summed E-state index contributed by atoms with van der Waals surface area (Å²) in [5.41, 5.74) is 0. The summed E-state index contributed by atoms with van der Waals surface area (Å²) in [5.74, 6) is 0. The fraction of sp³-hybridized carbons (Fsp3) is 0. The van der Waals surface area contributed by atoms with Crippen molar-refractivity contribution in [2.24, 2.45) is 0 Å². The molecule has 0 aliphatic carbocycles. The molecule has 0 aliphatic heterocycles. The van der Waals surface area contributed by atoms with Gasteiger partial charge in [0.2, 0.25) is 0 Å². The number of halogens is 1. The van der Waals surface area contributed by atoms with Gasteiger partial charge >= 0.3 is 73.8 Å². The summed E-state index contributed by atoms with van der Waals surface area (Å²) >= 11 is 4.09. The minimum absolute atomic E-state index is 0.565. The molecule has 0 spiro atoms. The normalized spacial score (nSPS) is 10.5. The number of fused-ring (bicyclic) bond motifs is 1. The third-order valence-electron chi connectivity index (χ3n) is 1.43. The van der Waals surface area contributed by atoms with Crippen LogP contribution in [0.25, 0.3) is 9.65 Å². The molecule has 2 heteroatoms. The molecular weight excluding hydrogens is 255 g/mol. The van der Waals surface area contributed by atoms with Crippen LogP contribution in [0.5, 0.6) is 0 Å². The fourth-order valence-electron chi connectivity index (χ4n) is 0.956. The summed E-state index contributed by atoms with van der Waals surface area (Å²) in [7, 11) is 0. The summed E-state index contributed by atoms with van der Waals surface area (Å²) in [6.45, 7) is 0. The van der Waals surface area contributed by atoms with Gasteiger partial charge in [-0.1, -0.05) is 0 Å². The average Bonchev–Trinajstić information content (AvgIpc) is 2.36. The molecule has 2 rings (SSSR count). The van der Waals surface area contributed by atoms with Gasteiger partial charge in [-0.2, -0.15) is 0 Å². The second kappa shape index (κ2) is 2.54. The summed E-state index contributed by atoms with van der Waals surface area (Å²) in [6, 6.07) is 8.54. The topological polar surface area (TPSA) is 0 Å². The quantitative estimate of drug-likeness (QED) is 0.639. The van der Waals surface area contributed by atoms with Gasteiger partial charge in [0.25, 0.3) is 0 Å². The first kappa shape index (κ1) is 6.66. The molecule has 0 bridgehead atoms. The number of benzene rings is 1. The van der Waals surface area contributed by atoms with E-state index in [2.05, 4.69) is 45.1 Å². The molecule has 0 atom stereocenters. The van der Waals surface area contributed by atoms with Gasteiger partial charge in [0.05, 0.1) is 0 Å². The summed E-state index contributed by atoms with van der Waals surface area (Å²) in [4.78, 5) is 2.25. The van der Waals surface area contributed by atoms with Crippen molar-refractivity contribution in [3.8, 4) is 0 Å². The standard InChI is InChI=1S/C8H5BrSe/c9-7-3-1-2-6-4-5-10-8(6)7/h1-5H. The minimum atomic E-state index is 0.565. The van der Waals surface area contributed by atoms with Crippen LogP contribution in [0.15, 0.2) is 33.7 Å². The summed E-state index contributed by atoms with van der Waals surface area (Å²) < 4.78 is 2.74. The Balaban J connectivity index is 2.95. The molecule has 2 aromatic rings. The Morgan fingerprint density at radius 3 is 2.90 bits per heavy atom. The van der Waals surface area contributed by atoms with Gasteiger partial charge in [-0.25, -0.2) is 0 Å². The van der Waals surface area contributed by atoms with E-state index in [9.17, 15) is 0 Å². The van der Waals surface area contributed by atoms with Crippen LogP contribution in [0, 0.1) is 0 Å².